The van der Waals surface area contributed by atoms with Crippen LogP contribution in [0.25, 0.3) is 21.9 Å². The van der Waals surface area contributed by atoms with Crippen molar-refractivity contribution in [3.8, 4) is 10.7 Å². The molecule has 3 heterocycles. The molecule has 4 rings (SSSR count). The first-order chi connectivity index (χ1) is 9.70. The summed E-state index contributed by atoms with van der Waals surface area (Å²) < 4.78 is 0. The molecule has 3 aromatic rings. The van der Waals surface area contributed by atoms with E-state index < -0.39 is 11.2 Å². The molecule has 6 nitrogen and oxygen atoms in total. The summed E-state index contributed by atoms with van der Waals surface area (Å²) in [5.41, 5.74) is 1.03. The Morgan fingerprint density at radius 3 is 2.80 bits per heavy atom. The van der Waals surface area contributed by atoms with Gasteiger partial charge in [0.2, 0.25) is 0 Å². The fourth-order valence-electron chi connectivity index (χ4n) is 2.66. The van der Waals surface area contributed by atoms with Gasteiger partial charge in [0.25, 0.3) is 5.56 Å². The van der Waals surface area contributed by atoms with Crippen LogP contribution in [0.5, 0.6) is 0 Å². The van der Waals surface area contributed by atoms with Gasteiger partial charge in [-0.25, -0.2) is 9.78 Å². The summed E-state index contributed by atoms with van der Waals surface area (Å²) in [6.45, 7) is 0. The van der Waals surface area contributed by atoms with Crippen molar-refractivity contribution in [3.05, 3.63) is 37.3 Å². The first kappa shape index (κ1) is 11.7. The molecule has 0 fully saturated rings. The first-order valence-corrected chi connectivity index (χ1v) is 7.36. The van der Waals surface area contributed by atoms with Crippen LogP contribution in [0.15, 0.2) is 15.7 Å². The maximum atomic E-state index is 11.7. The molecule has 0 amide bonds. The smallest absolute Gasteiger partial charge is 0.327 e. The molecule has 0 spiro atoms. The second-order valence-electron chi connectivity index (χ2n) is 4.98. The molecule has 3 aromatic heterocycles. The van der Waals surface area contributed by atoms with Crippen LogP contribution in [0, 0.1) is 0 Å². The molecule has 0 aliphatic heterocycles. The predicted molar refractivity (Wildman–Crippen MR) is 77.3 cm³/mol. The number of aromatic amines is 3. The highest BCUT2D eigenvalue weighted by Crippen LogP contribution is 2.34. The second kappa shape index (κ2) is 4.17. The Hall–Kier alpha value is -2.15. The number of fused-ring (bicyclic) bond motifs is 2. The molecule has 0 unspecified atom stereocenters. The summed E-state index contributed by atoms with van der Waals surface area (Å²) >= 11 is 1.72. The summed E-state index contributed by atoms with van der Waals surface area (Å²) in [4.78, 5) is 37.4. The van der Waals surface area contributed by atoms with Gasteiger partial charge in [0.05, 0.1) is 4.88 Å². The summed E-state index contributed by atoms with van der Waals surface area (Å²) in [5, 5.41) is 0. The molecule has 20 heavy (non-hydrogen) atoms. The number of H-pyrrole nitrogens is 3. The number of rotatable bonds is 1. The summed E-state index contributed by atoms with van der Waals surface area (Å²) in [7, 11) is 0. The molecule has 0 saturated heterocycles. The highest BCUT2D eigenvalue weighted by atomic mass is 32.1. The molecule has 3 N–H and O–H groups in total. The number of aryl methyl sites for hydroxylation is 2. The normalized spacial score (nSPS) is 14.6. The van der Waals surface area contributed by atoms with Crippen LogP contribution >= 0.6 is 11.3 Å². The highest BCUT2D eigenvalue weighted by Gasteiger charge is 2.17. The fraction of sp³-hybridized carbons (Fsp3) is 0.308. The Labute approximate surface area is 116 Å². The van der Waals surface area contributed by atoms with Gasteiger partial charge in [0, 0.05) is 4.88 Å². The van der Waals surface area contributed by atoms with E-state index in [1.54, 1.807) is 11.3 Å². The number of thiophene rings is 1. The van der Waals surface area contributed by atoms with Gasteiger partial charge in [-0.2, -0.15) is 0 Å². The van der Waals surface area contributed by atoms with Crippen molar-refractivity contribution < 1.29 is 0 Å². The van der Waals surface area contributed by atoms with E-state index in [0.29, 0.717) is 17.0 Å². The van der Waals surface area contributed by atoms with Gasteiger partial charge in [0.1, 0.15) is 5.52 Å². The lowest BCUT2D eigenvalue weighted by Gasteiger charge is -2.08. The Morgan fingerprint density at radius 1 is 1.10 bits per heavy atom. The fourth-order valence-corrected chi connectivity index (χ4v) is 3.85. The zero-order valence-corrected chi connectivity index (χ0v) is 11.4. The van der Waals surface area contributed by atoms with Crippen LogP contribution in [-0.2, 0) is 12.8 Å². The average molecular weight is 288 g/mol. The minimum Gasteiger partial charge on any atom is -0.331 e. The van der Waals surface area contributed by atoms with E-state index in [-0.39, 0.29) is 0 Å². The third kappa shape index (κ3) is 1.74. The van der Waals surface area contributed by atoms with Gasteiger partial charge >= 0.3 is 5.69 Å². The van der Waals surface area contributed by atoms with Crippen molar-refractivity contribution in [1.82, 2.24) is 19.9 Å². The van der Waals surface area contributed by atoms with Crippen molar-refractivity contribution in [3.63, 3.8) is 0 Å². The van der Waals surface area contributed by atoms with Crippen molar-refractivity contribution in [2.24, 2.45) is 0 Å². The van der Waals surface area contributed by atoms with E-state index >= 15 is 0 Å². The minimum atomic E-state index is -0.536. The molecular formula is C13H12N4O2S. The van der Waals surface area contributed by atoms with Crippen LogP contribution in [0.1, 0.15) is 23.3 Å². The van der Waals surface area contributed by atoms with Gasteiger partial charge in [0.15, 0.2) is 11.5 Å². The topological polar surface area (TPSA) is 94.4 Å². The van der Waals surface area contributed by atoms with Crippen LogP contribution in [-0.4, -0.2) is 19.9 Å². The Morgan fingerprint density at radius 2 is 1.95 bits per heavy atom. The van der Waals surface area contributed by atoms with Crippen LogP contribution in [0.3, 0.4) is 0 Å². The minimum absolute atomic E-state index is 0.306. The Kier molecular flexibility index (Phi) is 2.43. The number of imidazole rings is 1. The zero-order valence-electron chi connectivity index (χ0n) is 10.6. The van der Waals surface area contributed by atoms with E-state index in [2.05, 4.69) is 26.0 Å². The molecule has 1 aliphatic rings. The number of aromatic nitrogens is 4. The molecule has 1 aliphatic carbocycles. The summed E-state index contributed by atoms with van der Waals surface area (Å²) in [5.74, 6) is 0.645. The van der Waals surface area contributed by atoms with Gasteiger partial charge in [-0.05, 0) is 37.3 Å². The molecule has 0 aromatic carbocycles. The molecule has 102 valence electrons. The summed E-state index contributed by atoms with van der Waals surface area (Å²) in [6.07, 6.45) is 4.71. The average Bonchev–Trinajstić information content (AvgIpc) is 3.01. The third-order valence-corrected chi connectivity index (χ3v) is 4.86. The van der Waals surface area contributed by atoms with Gasteiger partial charge in [-0.15, -0.1) is 11.3 Å². The van der Waals surface area contributed by atoms with Gasteiger partial charge < -0.3 is 4.98 Å². The van der Waals surface area contributed by atoms with Crippen molar-refractivity contribution in [2.75, 3.05) is 0 Å². The lowest BCUT2D eigenvalue weighted by Crippen LogP contribution is -2.21. The lowest BCUT2D eigenvalue weighted by molar-refractivity contribution is 0.697. The monoisotopic (exact) mass is 288 g/mol. The quantitative estimate of drug-likeness (QED) is 0.634. The van der Waals surface area contributed by atoms with Crippen molar-refractivity contribution in [2.45, 2.75) is 25.7 Å². The maximum Gasteiger partial charge on any atom is 0.327 e. The number of nitrogens with zero attached hydrogens (tertiary/aromatic N) is 1. The Balaban J connectivity index is 1.90. The first-order valence-electron chi connectivity index (χ1n) is 6.55. The number of hydrogen-bond donors (Lipinski definition) is 3. The Bertz CT molecular complexity index is 891. The van der Waals surface area contributed by atoms with Crippen LogP contribution in [0.4, 0.5) is 0 Å². The SMILES string of the molecule is O=c1[nH]c(=O)c2[nH]c(-c3cc4c(s3)CCCC4)nc2[nH]1. The third-order valence-electron chi connectivity index (χ3n) is 3.62. The standard InChI is InChI=1S/C13H12N4O2S/c18-12-9-11(16-13(19)17-12)15-10(14-9)8-5-6-3-1-2-4-7(6)20-8/h5H,1-4H2,(H3,14,15,16,17,18,19). The molecule has 0 radical (unpaired) electrons. The number of nitrogens with one attached hydrogen (secondary N) is 3. The highest BCUT2D eigenvalue weighted by molar-refractivity contribution is 7.15. The van der Waals surface area contributed by atoms with E-state index in [0.717, 1.165) is 17.7 Å². The van der Waals surface area contributed by atoms with E-state index in [1.807, 2.05) is 0 Å². The largest absolute Gasteiger partial charge is 0.331 e. The van der Waals surface area contributed by atoms with E-state index in [9.17, 15) is 9.59 Å². The van der Waals surface area contributed by atoms with E-state index in [4.69, 9.17) is 0 Å². The van der Waals surface area contributed by atoms with Gasteiger partial charge in [-0.3, -0.25) is 14.8 Å². The summed E-state index contributed by atoms with van der Waals surface area (Å²) in [6, 6.07) is 2.14. The zero-order chi connectivity index (χ0) is 13.7. The number of hydrogen-bond acceptors (Lipinski definition) is 4. The van der Waals surface area contributed by atoms with Crippen LogP contribution < -0.4 is 11.2 Å². The molecular weight excluding hydrogens is 276 g/mol. The molecule has 7 heteroatoms. The van der Waals surface area contributed by atoms with Crippen molar-refractivity contribution in [1.29, 1.82) is 0 Å². The molecule has 0 atom stereocenters. The predicted octanol–water partition coefficient (Wildman–Crippen LogP) is 1.55. The lowest BCUT2D eigenvalue weighted by atomic mass is 9.99. The van der Waals surface area contributed by atoms with Crippen LogP contribution in [0.2, 0.25) is 0 Å². The molecule has 0 bridgehead atoms. The molecule has 0 saturated carbocycles. The maximum absolute atomic E-state index is 11.7. The second-order valence-corrected chi connectivity index (χ2v) is 6.12. The van der Waals surface area contributed by atoms with E-state index in [1.165, 1.54) is 23.3 Å². The van der Waals surface area contributed by atoms with Gasteiger partial charge in [-0.1, -0.05) is 0 Å². The van der Waals surface area contributed by atoms with Crippen molar-refractivity contribution >= 4 is 22.5 Å².